The van der Waals surface area contributed by atoms with E-state index in [0.29, 0.717) is 5.75 Å². The first-order chi connectivity index (χ1) is 13.2. The molecule has 0 spiro atoms. The molecular formula is C21H15FN2O2S. The predicted octanol–water partition coefficient (Wildman–Crippen LogP) is 5.16. The van der Waals surface area contributed by atoms with Crippen molar-refractivity contribution >= 4 is 27.5 Å². The summed E-state index contributed by atoms with van der Waals surface area (Å²) >= 11 is 1.56. The summed E-state index contributed by atoms with van der Waals surface area (Å²) in [6.07, 6.45) is 0. The SMILES string of the molecule is O=C(NF)c1cccc(OCc2nc3cc(-c4ccccc4)ccc3s2)c1. The average molecular weight is 378 g/mol. The number of hydrogen-bond acceptors (Lipinski definition) is 4. The van der Waals surface area contributed by atoms with Crippen LogP contribution in [0.25, 0.3) is 21.3 Å². The van der Waals surface area contributed by atoms with Crippen LogP contribution in [-0.2, 0) is 6.61 Å². The number of hydrogen-bond donors (Lipinski definition) is 1. The molecule has 1 amide bonds. The van der Waals surface area contributed by atoms with Crippen molar-refractivity contribution in [2.75, 3.05) is 0 Å². The molecule has 0 saturated heterocycles. The van der Waals surface area contributed by atoms with E-state index in [4.69, 9.17) is 4.74 Å². The van der Waals surface area contributed by atoms with E-state index in [1.54, 1.807) is 23.5 Å². The Morgan fingerprint density at radius 3 is 2.67 bits per heavy atom. The second kappa shape index (κ2) is 7.55. The molecule has 0 aliphatic heterocycles. The molecule has 0 fully saturated rings. The number of carbonyl (C=O) groups excluding carboxylic acids is 1. The molecule has 0 atom stereocenters. The number of carbonyl (C=O) groups is 1. The summed E-state index contributed by atoms with van der Waals surface area (Å²) in [4.78, 5) is 16.0. The zero-order chi connectivity index (χ0) is 18.6. The molecule has 0 aliphatic carbocycles. The van der Waals surface area contributed by atoms with Gasteiger partial charge in [0.15, 0.2) is 0 Å². The fourth-order valence-electron chi connectivity index (χ4n) is 2.77. The fourth-order valence-corrected chi connectivity index (χ4v) is 3.63. The molecule has 4 rings (SSSR count). The maximum absolute atomic E-state index is 12.3. The number of halogens is 1. The molecule has 27 heavy (non-hydrogen) atoms. The molecule has 1 heterocycles. The Morgan fingerprint density at radius 1 is 1.00 bits per heavy atom. The van der Waals surface area contributed by atoms with Crippen LogP contribution in [0.15, 0.2) is 72.8 Å². The van der Waals surface area contributed by atoms with Crippen LogP contribution in [0.4, 0.5) is 4.48 Å². The second-order valence-corrected chi connectivity index (χ2v) is 7.01. The van der Waals surface area contributed by atoms with Crippen molar-refractivity contribution in [1.29, 1.82) is 0 Å². The smallest absolute Gasteiger partial charge is 0.279 e. The highest BCUT2D eigenvalue weighted by Crippen LogP contribution is 2.28. The van der Waals surface area contributed by atoms with E-state index in [2.05, 4.69) is 35.3 Å². The van der Waals surface area contributed by atoms with Crippen LogP contribution in [0.3, 0.4) is 0 Å². The van der Waals surface area contributed by atoms with Crippen LogP contribution in [-0.4, -0.2) is 10.9 Å². The van der Waals surface area contributed by atoms with E-state index >= 15 is 0 Å². The molecule has 0 aliphatic rings. The molecule has 6 heteroatoms. The lowest BCUT2D eigenvalue weighted by molar-refractivity contribution is 0.0859. The third-order valence-corrected chi connectivity index (χ3v) is 5.09. The minimum absolute atomic E-state index is 0.201. The molecule has 1 N–H and O–H groups in total. The number of amides is 1. The minimum atomic E-state index is -0.797. The Bertz CT molecular complexity index is 1100. The number of rotatable bonds is 5. The van der Waals surface area contributed by atoms with E-state index in [-0.39, 0.29) is 12.2 Å². The number of aromatic nitrogens is 1. The normalized spacial score (nSPS) is 10.7. The van der Waals surface area contributed by atoms with E-state index in [9.17, 15) is 9.28 Å². The molecule has 1 aromatic heterocycles. The van der Waals surface area contributed by atoms with Gasteiger partial charge in [0.2, 0.25) is 0 Å². The van der Waals surface area contributed by atoms with Gasteiger partial charge in [-0.3, -0.25) is 4.79 Å². The van der Waals surface area contributed by atoms with Crippen molar-refractivity contribution < 1.29 is 14.0 Å². The Kier molecular flexibility index (Phi) is 4.80. The molecule has 0 unspecified atom stereocenters. The molecule has 0 bridgehead atoms. The van der Waals surface area contributed by atoms with Crippen LogP contribution in [0, 0.1) is 0 Å². The zero-order valence-electron chi connectivity index (χ0n) is 14.2. The Morgan fingerprint density at radius 2 is 1.85 bits per heavy atom. The van der Waals surface area contributed by atoms with Crippen molar-refractivity contribution in [3.05, 3.63) is 83.4 Å². The summed E-state index contributed by atoms with van der Waals surface area (Å²) in [6.45, 7) is 0.278. The van der Waals surface area contributed by atoms with E-state index in [1.807, 2.05) is 18.2 Å². The highest BCUT2D eigenvalue weighted by atomic mass is 32.1. The Labute approximate surface area is 159 Å². The van der Waals surface area contributed by atoms with E-state index in [0.717, 1.165) is 31.9 Å². The Hall–Kier alpha value is -3.25. The van der Waals surface area contributed by atoms with Crippen LogP contribution in [0.2, 0.25) is 0 Å². The van der Waals surface area contributed by atoms with Gasteiger partial charge in [-0.05, 0) is 41.5 Å². The summed E-state index contributed by atoms with van der Waals surface area (Å²) in [6, 6.07) is 22.7. The lowest BCUT2D eigenvalue weighted by Gasteiger charge is -2.05. The molecule has 0 saturated carbocycles. The van der Waals surface area contributed by atoms with Crippen LogP contribution in [0.1, 0.15) is 15.4 Å². The van der Waals surface area contributed by atoms with Crippen LogP contribution in [0.5, 0.6) is 5.75 Å². The molecular weight excluding hydrogens is 363 g/mol. The number of fused-ring (bicyclic) bond motifs is 1. The van der Waals surface area contributed by atoms with Crippen molar-refractivity contribution in [3.8, 4) is 16.9 Å². The predicted molar refractivity (Wildman–Crippen MR) is 104 cm³/mol. The van der Waals surface area contributed by atoms with Gasteiger partial charge in [0.1, 0.15) is 17.4 Å². The van der Waals surface area contributed by atoms with E-state index in [1.165, 1.54) is 12.1 Å². The minimum Gasteiger partial charge on any atom is -0.486 e. The summed E-state index contributed by atoms with van der Waals surface area (Å²) in [5.41, 5.74) is 4.50. The summed E-state index contributed by atoms with van der Waals surface area (Å²) in [5, 5.41) is 0.829. The van der Waals surface area contributed by atoms with Crippen molar-refractivity contribution in [2.45, 2.75) is 6.61 Å². The summed E-state index contributed by atoms with van der Waals surface area (Å²) in [5.74, 6) is -0.311. The topological polar surface area (TPSA) is 51.2 Å². The highest BCUT2D eigenvalue weighted by Gasteiger charge is 2.09. The van der Waals surface area contributed by atoms with Gasteiger partial charge in [0.05, 0.1) is 10.2 Å². The average Bonchev–Trinajstić information content (AvgIpc) is 3.14. The van der Waals surface area contributed by atoms with Crippen LogP contribution < -0.4 is 10.3 Å². The highest BCUT2D eigenvalue weighted by molar-refractivity contribution is 7.18. The third kappa shape index (κ3) is 3.80. The largest absolute Gasteiger partial charge is 0.486 e. The maximum atomic E-state index is 12.3. The van der Waals surface area contributed by atoms with Gasteiger partial charge in [0, 0.05) is 5.56 Å². The van der Waals surface area contributed by atoms with Gasteiger partial charge < -0.3 is 4.74 Å². The lowest BCUT2D eigenvalue weighted by atomic mass is 10.1. The van der Waals surface area contributed by atoms with Gasteiger partial charge in [-0.15, -0.1) is 11.3 Å². The molecule has 134 valence electrons. The molecule has 0 radical (unpaired) electrons. The fraction of sp³-hybridized carbons (Fsp3) is 0.0476. The third-order valence-electron chi connectivity index (χ3n) is 4.08. The number of thiazole rings is 1. The first-order valence-corrected chi connectivity index (χ1v) is 9.13. The molecule has 3 aromatic carbocycles. The zero-order valence-corrected chi connectivity index (χ0v) is 15.0. The van der Waals surface area contributed by atoms with Gasteiger partial charge in [0.25, 0.3) is 5.91 Å². The first kappa shape index (κ1) is 17.2. The standard InChI is InChI=1S/C21H15FN2O2S/c22-24-21(25)16-7-4-8-17(11-16)26-13-20-23-18-12-15(9-10-19(18)27-20)14-5-2-1-3-6-14/h1-12H,13H2,(H,24,25). The first-order valence-electron chi connectivity index (χ1n) is 8.32. The second-order valence-electron chi connectivity index (χ2n) is 5.90. The van der Waals surface area contributed by atoms with Gasteiger partial charge in [-0.1, -0.05) is 46.9 Å². The molecule has 4 aromatic rings. The van der Waals surface area contributed by atoms with E-state index < -0.39 is 5.91 Å². The number of nitrogens with zero attached hydrogens (tertiary/aromatic N) is 1. The van der Waals surface area contributed by atoms with Crippen molar-refractivity contribution in [1.82, 2.24) is 10.5 Å². The quantitative estimate of drug-likeness (QED) is 0.488. The number of nitrogens with one attached hydrogen (secondary N) is 1. The number of benzene rings is 3. The molecule has 4 nitrogen and oxygen atoms in total. The lowest BCUT2D eigenvalue weighted by Crippen LogP contribution is -2.13. The van der Waals surface area contributed by atoms with Crippen molar-refractivity contribution in [2.24, 2.45) is 0 Å². The monoisotopic (exact) mass is 378 g/mol. The van der Waals surface area contributed by atoms with Gasteiger partial charge >= 0.3 is 0 Å². The number of ether oxygens (including phenoxy) is 1. The van der Waals surface area contributed by atoms with Crippen molar-refractivity contribution in [3.63, 3.8) is 0 Å². The van der Waals surface area contributed by atoms with Gasteiger partial charge in [-0.2, -0.15) is 5.54 Å². The van der Waals surface area contributed by atoms with Gasteiger partial charge in [-0.25, -0.2) is 4.98 Å². The Balaban J connectivity index is 1.52. The summed E-state index contributed by atoms with van der Waals surface area (Å²) in [7, 11) is 0. The van der Waals surface area contributed by atoms with Crippen LogP contribution >= 0.6 is 11.3 Å². The summed E-state index contributed by atoms with van der Waals surface area (Å²) < 4.78 is 19.1. The maximum Gasteiger partial charge on any atom is 0.279 e.